The normalized spacial score (nSPS) is 12.3. The average Bonchev–Trinajstić information content (AvgIpc) is 2.91. The van der Waals surface area contributed by atoms with E-state index in [1.54, 1.807) is 0 Å². The van der Waals surface area contributed by atoms with E-state index in [-0.39, 0.29) is 0 Å². The molecule has 0 nitrogen and oxygen atoms in total. The van der Waals surface area contributed by atoms with Gasteiger partial charge in [0.05, 0.1) is 0 Å². The third kappa shape index (κ3) is 3.06. The van der Waals surface area contributed by atoms with Crippen LogP contribution in [-0.2, 0) is 24.6 Å². The van der Waals surface area contributed by atoms with E-state index >= 15 is 0 Å². The van der Waals surface area contributed by atoms with Gasteiger partial charge in [0.25, 0.3) is 0 Å². The monoisotopic (exact) mass is 390 g/mol. The molecule has 0 fully saturated rings. The minimum atomic E-state index is 1.01. The zero-order valence-electron chi connectivity index (χ0n) is 14.4. The van der Waals surface area contributed by atoms with E-state index in [0.29, 0.717) is 0 Å². The van der Waals surface area contributed by atoms with Crippen LogP contribution in [0.15, 0.2) is 29.8 Å². The summed E-state index contributed by atoms with van der Waals surface area (Å²) < 4.78 is 0. The first-order valence-corrected chi connectivity index (χ1v) is 11.6. The summed E-state index contributed by atoms with van der Waals surface area (Å²) in [6.07, 6.45) is 4.04. The van der Waals surface area contributed by atoms with Gasteiger partial charge in [0.1, 0.15) is 0 Å². The molecule has 126 valence electrons. The Bertz CT molecular complexity index is 767. The summed E-state index contributed by atoms with van der Waals surface area (Å²) in [6.45, 7) is 4.48. The molecule has 0 spiro atoms. The third-order valence-corrected chi connectivity index (χ3v) is 6.65. The molecular weight excluding hydrogens is 364 g/mol. The van der Waals surface area contributed by atoms with Crippen LogP contribution in [0, 0.1) is 0 Å². The van der Waals surface area contributed by atoms with E-state index in [1.807, 2.05) is 0 Å². The van der Waals surface area contributed by atoms with Crippen molar-refractivity contribution in [2.45, 2.75) is 38.5 Å². The lowest BCUT2D eigenvalue weighted by Crippen LogP contribution is -1.92. The zero-order chi connectivity index (χ0) is 17.4. The second kappa shape index (κ2) is 7.65. The molecule has 0 saturated carbocycles. The Kier molecular flexibility index (Phi) is 5.95. The molecule has 1 aliphatic rings. The van der Waals surface area contributed by atoms with Gasteiger partial charge in [-0.05, 0) is 113 Å². The van der Waals surface area contributed by atoms with Gasteiger partial charge in [-0.1, -0.05) is 5.57 Å². The molecule has 4 heteroatoms. The van der Waals surface area contributed by atoms with Gasteiger partial charge in [0, 0.05) is 0 Å². The van der Waals surface area contributed by atoms with Crippen LogP contribution in [0.4, 0.5) is 0 Å². The van der Waals surface area contributed by atoms with Gasteiger partial charge < -0.3 is 0 Å². The maximum absolute atomic E-state index is 2.88. The number of rotatable bonds is 4. The molecule has 1 aliphatic carbocycles. The van der Waals surface area contributed by atoms with Gasteiger partial charge in [-0.3, -0.25) is 0 Å². The average molecular weight is 390 g/mol. The van der Waals surface area contributed by atoms with Crippen LogP contribution in [-0.4, -0.2) is 0 Å². The van der Waals surface area contributed by atoms with Crippen molar-refractivity contribution in [3.8, 4) is 11.1 Å². The lowest BCUT2D eigenvalue weighted by molar-refractivity contribution is 1.27. The van der Waals surface area contributed by atoms with Crippen molar-refractivity contribution < 1.29 is 0 Å². The fourth-order valence-electron chi connectivity index (χ4n) is 3.68. The second-order valence-corrected chi connectivity index (χ2v) is 8.16. The molecule has 2 aromatic carbocycles. The van der Waals surface area contributed by atoms with Gasteiger partial charge in [-0.25, -0.2) is 0 Å². The molecule has 24 heavy (non-hydrogen) atoms. The van der Waals surface area contributed by atoms with Crippen molar-refractivity contribution in [1.29, 1.82) is 0 Å². The predicted octanol–water partition coefficient (Wildman–Crippen LogP) is 6.01. The van der Waals surface area contributed by atoms with Gasteiger partial charge in [0.2, 0.25) is 0 Å². The van der Waals surface area contributed by atoms with Crippen LogP contribution < -0.4 is 0 Å². The molecule has 3 rings (SSSR count). The van der Waals surface area contributed by atoms with Gasteiger partial charge in [0.15, 0.2) is 0 Å². The van der Waals surface area contributed by atoms with Gasteiger partial charge in [-0.2, -0.15) is 0 Å². The molecular formula is C20H26P4. The quantitative estimate of drug-likeness (QED) is 0.479. The second-order valence-electron chi connectivity index (χ2n) is 6.52. The summed E-state index contributed by atoms with van der Waals surface area (Å²) in [5.74, 6) is 0. The molecule has 2 aromatic rings. The molecule has 0 aromatic heterocycles. The summed E-state index contributed by atoms with van der Waals surface area (Å²) in [5, 5.41) is 0. The van der Waals surface area contributed by atoms with E-state index in [1.165, 1.54) is 55.7 Å². The molecule has 0 aliphatic heterocycles. The molecule has 0 bridgehead atoms. The number of allylic oxidation sites excluding steroid dienone is 1. The Morgan fingerprint density at radius 2 is 0.875 bits per heavy atom. The lowest BCUT2D eigenvalue weighted by Gasteiger charge is -2.11. The van der Waals surface area contributed by atoms with E-state index in [0.717, 1.165) is 24.6 Å². The van der Waals surface area contributed by atoms with Crippen molar-refractivity contribution in [2.24, 2.45) is 0 Å². The molecule has 4 unspecified atom stereocenters. The van der Waals surface area contributed by atoms with Crippen molar-refractivity contribution >= 4 is 42.5 Å². The third-order valence-electron chi connectivity index (χ3n) is 4.89. The van der Waals surface area contributed by atoms with Crippen LogP contribution in [0.25, 0.3) is 16.7 Å². The first kappa shape index (κ1) is 18.7. The molecule has 0 heterocycles. The zero-order valence-corrected chi connectivity index (χ0v) is 19.1. The van der Waals surface area contributed by atoms with Crippen molar-refractivity contribution in [2.75, 3.05) is 0 Å². The van der Waals surface area contributed by atoms with Crippen molar-refractivity contribution in [3.63, 3.8) is 0 Å². The highest BCUT2D eigenvalue weighted by atomic mass is 31.0. The van der Waals surface area contributed by atoms with Gasteiger partial charge >= 0.3 is 0 Å². The van der Waals surface area contributed by atoms with Crippen LogP contribution in [0.2, 0.25) is 0 Å². The topological polar surface area (TPSA) is 0 Å². The minimum Gasteiger partial charge on any atom is -0.133 e. The molecule has 0 N–H and O–H groups in total. The minimum absolute atomic E-state index is 1.01. The Hall–Kier alpha value is -0.100. The molecule has 0 saturated heterocycles. The Balaban J connectivity index is 2.37. The fourth-order valence-corrected chi connectivity index (χ4v) is 5.20. The Labute approximate surface area is 155 Å². The summed E-state index contributed by atoms with van der Waals surface area (Å²) in [5.41, 5.74) is 14.3. The van der Waals surface area contributed by atoms with E-state index < -0.39 is 0 Å². The number of hydrogen-bond donors (Lipinski definition) is 0. The van der Waals surface area contributed by atoms with E-state index in [9.17, 15) is 0 Å². The summed E-state index contributed by atoms with van der Waals surface area (Å²) in [6, 6.07) is 9.68. The first-order valence-electron chi connectivity index (χ1n) is 8.36. The maximum atomic E-state index is 2.88. The highest BCUT2D eigenvalue weighted by Gasteiger charge is 2.26. The van der Waals surface area contributed by atoms with Gasteiger partial charge in [-0.15, -0.1) is 37.0 Å². The molecule has 0 amide bonds. The van der Waals surface area contributed by atoms with Crippen LogP contribution in [0.1, 0.15) is 47.2 Å². The summed E-state index contributed by atoms with van der Waals surface area (Å²) in [7, 11) is 11.5. The Morgan fingerprint density at radius 1 is 0.583 bits per heavy atom. The number of benzene rings is 2. The Morgan fingerprint density at radius 3 is 1.12 bits per heavy atom. The van der Waals surface area contributed by atoms with E-state index in [2.05, 4.69) is 75.1 Å². The maximum Gasteiger partial charge on any atom is -0.00958 e. The van der Waals surface area contributed by atoms with Crippen LogP contribution in [0.5, 0.6) is 0 Å². The smallest absolute Gasteiger partial charge is 0.00958 e. The summed E-state index contributed by atoms with van der Waals surface area (Å²) in [4.78, 5) is 0. The van der Waals surface area contributed by atoms with Crippen LogP contribution >= 0.6 is 37.0 Å². The highest BCUT2D eigenvalue weighted by Crippen LogP contribution is 2.48. The van der Waals surface area contributed by atoms with Crippen LogP contribution in [0.3, 0.4) is 0 Å². The SMILES string of the molecule is CC(C)=C1c2cc(CP)c(CP)cc2-c2cc(CP)c(CP)cc21. The predicted molar refractivity (Wildman–Crippen MR) is 123 cm³/mol. The van der Waals surface area contributed by atoms with Crippen molar-refractivity contribution in [3.05, 3.63) is 63.2 Å². The number of fused-ring (bicyclic) bond motifs is 3. The summed E-state index contributed by atoms with van der Waals surface area (Å²) >= 11 is 0. The standard InChI is InChI=1S/C20H26P4/c1-11(2)20-18-5-14(9-23)12(7-21)3-16(18)17-4-13(8-22)15(10-24)6-19(17)20/h3-6H,7-10,21-24H2,1-2H3. The largest absolute Gasteiger partial charge is 0.133 e. The number of hydrogen-bond acceptors (Lipinski definition) is 0. The highest BCUT2D eigenvalue weighted by molar-refractivity contribution is 7.16. The fraction of sp³-hybridized carbons (Fsp3) is 0.300. The van der Waals surface area contributed by atoms with E-state index in [4.69, 9.17) is 0 Å². The lowest BCUT2D eigenvalue weighted by atomic mass is 9.96. The van der Waals surface area contributed by atoms with Crippen molar-refractivity contribution in [1.82, 2.24) is 0 Å². The first-order chi connectivity index (χ1) is 11.5. The molecule has 0 radical (unpaired) electrons. The molecule has 4 atom stereocenters.